The third-order valence-corrected chi connectivity index (χ3v) is 9.08. The molecule has 226 valence electrons. The minimum Gasteiger partial charge on any atom is -0.350 e. The number of carbonyl (C=O) groups is 1. The maximum absolute atomic E-state index is 13.5. The number of rotatable bonds is 6. The van der Waals surface area contributed by atoms with Crippen molar-refractivity contribution >= 4 is 16.8 Å². The number of aromatic amines is 1. The number of amides is 1. The van der Waals surface area contributed by atoms with Crippen LogP contribution in [0.3, 0.4) is 0 Å². The molecule has 0 saturated carbocycles. The number of H-pyrrole nitrogens is 1. The topological polar surface area (TPSA) is 55.5 Å². The molecule has 0 spiro atoms. The fourth-order valence-electron chi connectivity index (χ4n) is 6.41. The average molecular weight is 590 g/mol. The van der Waals surface area contributed by atoms with Crippen LogP contribution in [0.25, 0.3) is 10.9 Å². The van der Waals surface area contributed by atoms with Gasteiger partial charge in [0.05, 0.1) is 5.56 Å². The molecule has 0 atom stereocenters. The van der Waals surface area contributed by atoms with Crippen molar-refractivity contribution < 1.29 is 18.0 Å². The Morgan fingerprint density at radius 1 is 0.860 bits per heavy atom. The average Bonchev–Trinajstić information content (AvgIpc) is 3.34. The van der Waals surface area contributed by atoms with Crippen LogP contribution in [0.15, 0.2) is 60.8 Å². The minimum absolute atomic E-state index is 0.00309. The summed E-state index contributed by atoms with van der Waals surface area (Å²) in [5, 5.41) is 1.11. The third-order valence-electron chi connectivity index (χ3n) is 9.08. The van der Waals surface area contributed by atoms with E-state index in [0.717, 1.165) is 72.3 Å². The number of aryl methyl sites for hydroxylation is 2. The summed E-state index contributed by atoms with van der Waals surface area (Å²) in [5.41, 5.74) is 6.44. The minimum atomic E-state index is -4.33. The number of halogens is 3. The van der Waals surface area contributed by atoms with Gasteiger partial charge in [0.1, 0.15) is 5.69 Å². The Balaban J connectivity index is 1.05. The second kappa shape index (κ2) is 12.1. The molecule has 9 heteroatoms. The van der Waals surface area contributed by atoms with Gasteiger partial charge in [-0.3, -0.25) is 19.6 Å². The van der Waals surface area contributed by atoms with Crippen molar-refractivity contribution in [1.82, 2.24) is 24.7 Å². The predicted octanol–water partition coefficient (Wildman–Crippen LogP) is 6.54. The van der Waals surface area contributed by atoms with Gasteiger partial charge in [-0.25, -0.2) is 0 Å². The first-order valence-electron chi connectivity index (χ1n) is 15.1. The van der Waals surface area contributed by atoms with E-state index in [-0.39, 0.29) is 5.91 Å². The van der Waals surface area contributed by atoms with Gasteiger partial charge in [-0.1, -0.05) is 24.3 Å². The van der Waals surface area contributed by atoms with Gasteiger partial charge >= 0.3 is 6.18 Å². The van der Waals surface area contributed by atoms with Gasteiger partial charge in [-0.15, -0.1) is 0 Å². The maximum atomic E-state index is 13.5. The first-order chi connectivity index (χ1) is 20.6. The van der Waals surface area contributed by atoms with Crippen LogP contribution in [-0.2, 0) is 19.3 Å². The Morgan fingerprint density at radius 2 is 1.51 bits per heavy atom. The number of aromatic nitrogens is 2. The van der Waals surface area contributed by atoms with Gasteiger partial charge in [-0.05, 0) is 98.3 Å². The van der Waals surface area contributed by atoms with Crippen LogP contribution in [0.1, 0.15) is 62.8 Å². The Morgan fingerprint density at radius 3 is 2.16 bits per heavy atom. The van der Waals surface area contributed by atoms with Crippen LogP contribution in [0.4, 0.5) is 13.2 Å². The van der Waals surface area contributed by atoms with E-state index in [1.807, 2.05) is 24.9 Å². The normalized spacial score (nSPS) is 17.6. The third kappa shape index (κ3) is 6.63. The molecular formula is C34H38F3N5O. The van der Waals surface area contributed by atoms with E-state index in [2.05, 4.69) is 50.1 Å². The highest BCUT2D eigenvalue weighted by Gasteiger charge is 2.30. The quantitative estimate of drug-likeness (QED) is 0.278. The number of hydrogen-bond acceptors (Lipinski definition) is 4. The molecule has 43 heavy (non-hydrogen) atoms. The number of likely N-dealkylation sites (tertiary alicyclic amines) is 1. The Kier molecular flexibility index (Phi) is 8.29. The molecule has 2 aliphatic heterocycles. The molecule has 2 aromatic carbocycles. The largest absolute Gasteiger partial charge is 0.416 e. The summed E-state index contributed by atoms with van der Waals surface area (Å²) in [5.74, 6) is 0.506. The molecule has 0 unspecified atom stereocenters. The number of piperazine rings is 1. The second-order valence-electron chi connectivity index (χ2n) is 12.1. The Hall–Kier alpha value is -3.69. The van der Waals surface area contributed by atoms with Crippen molar-refractivity contribution in [3.05, 3.63) is 100.0 Å². The van der Waals surface area contributed by atoms with E-state index in [0.29, 0.717) is 44.3 Å². The summed E-state index contributed by atoms with van der Waals surface area (Å²) in [4.78, 5) is 27.9. The molecule has 2 fully saturated rings. The fraction of sp³-hybridized carbons (Fsp3) is 0.412. The van der Waals surface area contributed by atoms with Crippen molar-refractivity contribution in [3.63, 3.8) is 0 Å². The number of hydrogen-bond donors (Lipinski definition) is 1. The van der Waals surface area contributed by atoms with Crippen molar-refractivity contribution in [3.8, 4) is 0 Å². The molecule has 1 N–H and O–H groups in total. The van der Waals surface area contributed by atoms with Crippen LogP contribution in [0.2, 0.25) is 0 Å². The number of pyridine rings is 1. The Bertz CT molecular complexity index is 1560. The molecule has 2 aliphatic rings. The van der Waals surface area contributed by atoms with Crippen molar-refractivity contribution in [2.75, 3.05) is 39.3 Å². The van der Waals surface area contributed by atoms with Gasteiger partial charge in [0, 0.05) is 62.1 Å². The van der Waals surface area contributed by atoms with Gasteiger partial charge in [0.2, 0.25) is 0 Å². The zero-order valence-corrected chi connectivity index (χ0v) is 24.8. The van der Waals surface area contributed by atoms with E-state index in [4.69, 9.17) is 0 Å². The number of fused-ring (bicyclic) bond motifs is 1. The van der Waals surface area contributed by atoms with E-state index < -0.39 is 11.7 Å². The zero-order chi connectivity index (χ0) is 30.1. The number of nitrogens with one attached hydrogen (secondary N) is 1. The van der Waals surface area contributed by atoms with E-state index >= 15 is 0 Å². The summed E-state index contributed by atoms with van der Waals surface area (Å²) in [6.07, 6.45) is -0.134. The maximum Gasteiger partial charge on any atom is 0.416 e. The first-order valence-corrected chi connectivity index (χ1v) is 15.1. The highest BCUT2D eigenvalue weighted by Crippen LogP contribution is 2.33. The van der Waals surface area contributed by atoms with Crippen LogP contribution in [0.5, 0.6) is 0 Å². The van der Waals surface area contributed by atoms with Crippen molar-refractivity contribution in [2.45, 2.75) is 51.9 Å². The smallest absolute Gasteiger partial charge is 0.350 e. The molecule has 4 heterocycles. The van der Waals surface area contributed by atoms with Crippen molar-refractivity contribution in [2.24, 2.45) is 0 Å². The molecule has 4 aromatic rings. The zero-order valence-electron chi connectivity index (χ0n) is 24.8. The number of piperidine rings is 1. The molecule has 0 bridgehead atoms. The van der Waals surface area contributed by atoms with Gasteiger partial charge < -0.3 is 9.88 Å². The monoisotopic (exact) mass is 589 g/mol. The van der Waals surface area contributed by atoms with Gasteiger partial charge in [-0.2, -0.15) is 13.2 Å². The first kappa shape index (κ1) is 29.4. The number of carbonyl (C=O) groups excluding carboxylic acids is 1. The number of alkyl halides is 3. The lowest BCUT2D eigenvalue weighted by Crippen LogP contribution is -2.48. The highest BCUT2D eigenvalue weighted by atomic mass is 19.4. The summed E-state index contributed by atoms with van der Waals surface area (Å²) in [6.45, 7) is 10.2. The molecule has 2 aromatic heterocycles. The molecule has 6 nitrogen and oxygen atoms in total. The lowest BCUT2D eigenvalue weighted by Gasteiger charge is -2.34. The SMILES string of the molecule is Cc1ccc(CN2CCC(c3ccc4[nH]c(C(=O)N5CCN(Cc6ccc(C(F)(F)F)cc6)CC5)c(C)c4c3)CC2)cn1. The van der Waals surface area contributed by atoms with E-state index in [1.54, 1.807) is 0 Å². The molecule has 0 aliphatic carbocycles. The van der Waals surface area contributed by atoms with E-state index in [9.17, 15) is 18.0 Å². The Labute approximate surface area is 250 Å². The van der Waals surface area contributed by atoms with Crippen LogP contribution < -0.4 is 0 Å². The van der Waals surface area contributed by atoms with E-state index in [1.165, 1.54) is 23.3 Å². The second-order valence-corrected chi connectivity index (χ2v) is 12.1. The van der Waals surface area contributed by atoms with Gasteiger partial charge in [0.25, 0.3) is 5.91 Å². The number of nitrogens with zero attached hydrogens (tertiary/aromatic N) is 4. The summed E-state index contributed by atoms with van der Waals surface area (Å²) < 4.78 is 38.6. The number of benzene rings is 2. The molecule has 2 saturated heterocycles. The predicted molar refractivity (Wildman–Crippen MR) is 162 cm³/mol. The van der Waals surface area contributed by atoms with Crippen LogP contribution in [0, 0.1) is 13.8 Å². The molecular weight excluding hydrogens is 551 g/mol. The summed E-state index contributed by atoms with van der Waals surface area (Å²) >= 11 is 0. The fourth-order valence-corrected chi connectivity index (χ4v) is 6.41. The summed E-state index contributed by atoms with van der Waals surface area (Å²) in [7, 11) is 0. The lowest BCUT2D eigenvalue weighted by atomic mass is 9.88. The summed E-state index contributed by atoms with van der Waals surface area (Å²) in [6, 6.07) is 16.2. The van der Waals surface area contributed by atoms with Crippen LogP contribution >= 0.6 is 0 Å². The molecule has 6 rings (SSSR count). The standard InChI is InChI=1S/C34H38F3N5O/c1-23-3-4-26(20-38-23)22-40-13-11-27(12-14-40)28-7-10-31-30(19-28)24(2)32(39-31)33(43)42-17-15-41(16-18-42)21-25-5-8-29(9-6-25)34(35,36)37/h3-10,19-20,27,39H,11-18,21-22H2,1-2H3. The highest BCUT2D eigenvalue weighted by molar-refractivity contribution is 6.01. The van der Waals surface area contributed by atoms with Gasteiger partial charge in [0.15, 0.2) is 0 Å². The van der Waals surface area contributed by atoms with Crippen molar-refractivity contribution in [1.29, 1.82) is 0 Å². The lowest BCUT2D eigenvalue weighted by molar-refractivity contribution is -0.137. The van der Waals surface area contributed by atoms with Crippen LogP contribution in [-0.4, -0.2) is 69.8 Å². The molecule has 1 amide bonds. The molecule has 0 radical (unpaired) electrons.